The standard InChI is InChI=1S/C12H16N2O3/c1-8-4-5-9(12(16)17)10(7-8)14-6-2-3-11(13)15/h4-5,7,14H,2-3,6H2,1H3,(H2,13,15)(H,16,17). The minimum Gasteiger partial charge on any atom is -0.478 e. The van der Waals surface area contributed by atoms with Crippen molar-refractivity contribution in [3.63, 3.8) is 0 Å². The zero-order valence-corrected chi connectivity index (χ0v) is 9.69. The Morgan fingerprint density at radius 2 is 2.12 bits per heavy atom. The van der Waals surface area contributed by atoms with Crippen LogP contribution in [0.1, 0.15) is 28.8 Å². The molecular formula is C12H16N2O3. The van der Waals surface area contributed by atoms with Crippen molar-refractivity contribution in [1.29, 1.82) is 0 Å². The minimum absolute atomic E-state index is 0.231. The Balaban J connectivity index is 2.65. The normalized spacial score (nSPS) is 9.94. The predicted octanol–water partition coefficient (Wildman–Crippen LogP) is 1.37. The van der Waals surface area contributed by atoms with Gasteiger partial charge in [0.25, 0.3) is 0 Å². The fourth-order valence-corrected chi connectivity index (χ4v) is 1.48. The summed E-state index contributed by atoms with van der Waals surface area (Å²) in [7, 11) is 0. The van der Waals surface area contributed by atoms with Crippen LogP contribution in [0, 0.1) is 6.92 Å². The minimum atomic E-state index is -0.970. The number of carboxylic acid groups (broad SMARTS) is 1. The highest BCUT2D eigenvalue weighted by Crippen LogP contribution is 2.17. The summed E-state index contributed by atoms with van der Waals surface area (Å²) in [5.74, 6) is -1.32. The molecule has 4 N–H and O–H groups in total. The van der Waals surface area contributed by atoms with Crippen LogP contribution in [0.2, 0.25) is 0 Å². The monoisotopic (exact) mass is 236 g/mol. The molecule has 0 radical (unpaired) electrons. The molecular weight excluding hydrogens is 220 g/mol. The summed E-state index contributed by atoms with van der Waals surface area (Å²) >= 11 is 0. The summed E-state index contributed by atoms with van der Waals surface area (Å²) in [5, 5.41) is 12.0. The number of anilines is 1. The van der Waals surface area contributed by atoms with Gasteiger partial charge in [-0.2, -0.15) is 0 Å². The van der Waals surface area contributed by atoms with Crippen molar-refractivity contribution in [3.8, 4) is 0 Å². The average molecular weight is 236 g/mol. The number of rotatable bonds is 6. The van der Waals surface area contributed by atoms with Gasteiger partial charge >= 0.3 is 5.97 Å². The molecule has 0 saturated heterocycles. The number of hydrogen-bond donors (Lipinski definition) is 3. The van der Waals surface area contributed by atoms with Gasteiger partial charge in [-0.3, -0.25) is 4.79 Å². The lowest BCUT2D eigenvalue weighted by molar-refractivity contribution is -0.118. The highest BCUT2D eigenvalue weighted by atomic mass is 16.4. The summed E-state index contributed by atoms with van der Waals surface area (Å²) in [4.78, 5) is 21.5. The van der Waals surface area contributed by atoms with Gasteiger partial charge in [-0.1, -0.05) is 6.07 Å². The third-order valence-corrected chi connectivity index (χ3v) is 2.32. The summed E-state index contributed by atoms with van der Waals surface area (Å²) in [6, 6.07) is 5.08. The number of carbonyl (C=O) groups is 2. The first-order chi connectivity index (χ1) is 8.00. The molecule has 0 saturated carbocycles. The molecule has 1 aromatic rings. The van der Waals surface area contributed by atoms with Gasteiger partial charge in [0.2, 0.25) is 5.91 Å². The Labute approximate surface area is 99.6 Å². The van der Waals surface area contributed by atoms with Crippen LogP contribution in [-0.4, -0.2) is 23.5 Å². The van der Waals surface area contributed by atoms with Gasteiger partial charge in [0.15, 0.2) is 0 Å². The zero-order chi connectivity index (χ0) is 12.8. The van der Waals surface area contributed by atoms with E-state index in [0.29, 0.717) is 25.1 Å². The maximum atomic E-state index is 11.0. The van der Waals surface area contributed by atoms with Gasteiger partial charge in [0.05, 0.1) is 5.56 Å². The molecule has 0 spiro atoms. The molecule has 0 aliphatic rings. The van der Waals surface area contributed by atoms with E-state index in [0.717, 1.165) is 5.56 Å². The molecule has 0 unspecified atom stereocenters. The Bertz CT molecular complexity index is 430. The number of nitrogens with one attached hydrogen (secondary N) is 1. The fourth-order valence-electron chi connectivity index (χ4n) is 1.48. The summed E-state index contributed by atoms with van der Waals surface area (Å²) < 4.78 is 0. The van der Waals surface area contributed by atoms with Crippen molar-refractivity contribution in [2.75, 3.05) is 11.9 Å². The van der Waals surface area contributed by atoms with Crippen LogP contribution < -0.4 is 11.1 Å². The van der Waals surface area contributed by atoms with Gasteiger partial charge in [-0.15, -0.1) is 0 Å². The SMILES string of the molecule is Cc1ccc(C(=O)O)c(NCCCC(N)=O)c1. The van der Waals surface area contributed by atoms with E-state index in [2.05, 4.69) is 5.32 Å². The number of carboxylic acids is 1. The number of aryl methyl sites for hydroxylation is 1. The summed E-state index contributed by atoms with van der Waals surface area (Å²) in [6.45, 7) is 2.41. The Kier molecular flexibility index (Phi) is 4.51. The van der Waals surface area contributed by atoms with E-state index in [1.165, 1.54) is 0 Å². The number of carbonyl (C=O) groups excluding carboxylic acids is 1. The van der Waals surface area contributed by atoms with Gasteiger partial charge in [0.1, 0.15) is 0 Å². The number of hydrogen-bond acceptors (Lipinski definition) is 3. The molecule has 1 aromatic carbocycles. The van der Waals surface area contributed by atoms with Crippen molar-refractivity contribution in [1.82, 2.24) is 0 Å². The topological polar surface area (TPSA) is 92.4 Å². The number of aromatic carboxylic acids is 1. The van der Waals surface area contributed by atoms with Crippen LogP contribution in [0.4, 0.5) is 5.69 Å². The van der Waals surface area contributed by atoms with E-state index in [-0.39, 0.29) is 11.5 Å². The van der Waals surface area contributed by atoms with Gasteiger partial charge < -0.3 is 16.2 Å². The lowest BCUT2D eigenvalue weighted by atomic mass is 10.1. The highest BCUT2D eigenvalue weighted by molar-refractivity contribution is 5.94. The third-order valence-electron chi connectivity index (χ3n) is 2.32. The third kappa shape index (κ3) is 4.14. The lowest BCUT2D eigenvalue weighted by Gasteiger charge is -2.09. The highest BCUT2D eigenvalue weighted by Gasteiger charge is 2.09. The first kappa shape index (κ1) is 13.0. The van der Waals surface area contributed by atoms with Crippen molar-refractivity contribution >= 4 is 17.6 Å². The Morgan fingerprint density at radius 1 is 1.41 bits per heavy atom. The molecule has 17 heavy (non-hydrogen) atoms. The second-order valence-electron chi connectivity index (χ2n) is 3.85. The van der Waals surface area contributed by atoms with Crippen LogP contribution >= 0.6 is 0 Å². The van der Waals surface area contributed by atoms with E-state index >= 15 is 0 Å². The largest absolute Gasteiger partial charge is 0.478 e. The van der Waals surface area contributed by atoms with Crippen LogP contribution in [0.25, 0.3) is 0 Å². The fraction of sp³-hybridized carbons (Fsp3) is 0.333. The Morgan fingerprint density at radius 3 is 2.71 bits per heavy atom. The number of amides is 1. The molecule has 0 heterocycles. The first-order valence-corrected chi connectivity index (χ1v) is 5.37. The molecule has 0 aliphatic heterocycles. The smallest absolute Gasteiger partial charge is 0.337 e. The molecule has 92 valence electrons. The molecule has 5 nitrogen and oxygen atoms in total. The lowest BCUT2D eigenvalue weighted by Crippen LogP contribution is -2.13. The maximum Gasteiger partial charge on any atom is 0.337 e. The van der Waals surface area contributed by atoms with Crippen LogP contribution in [-0.2, 0) is 4.79 Å². The molecule has 0 aromatic heterocycles. The second kappa shape index (κ2) is 5.89. The quantitative estimate of drug-likeness (QED) is 0.650. The molecule has 0 atom stereocenters. The van der Waals surface area contributed by atoms with Crippen molar-refractivity contribution < 1.29 is 14.7 Å². The molecule has 5 heteroatoms. The van der Waals surface area contributed by atoms with E-state index < -0.39 is 5.97 Å². The Hall–Kier alpha value is -2.04. The zero-order valence-electron chi connectivity index (χ0n) is 9.69. The molecule has 1 amide bonds. The van der Waals surface area contributed by atoms with E-state index in [4.69, 9.17) is 10.8 Å². The maximum absolute atomic E-state index is 11.0. The molecule has 1 rings (SSSR count). The van der Waals surface area contributed by atoms with Crippen LogP contribution in [0.3, 0.4) is 0 Å². The predicted molar refractivity (Wildman–Crippen MR) is 65.1 cm³/mol. The van der Waals surface area contributed by atoms with Crippen LogP contribution in [0.5, 0.6) is 0 Å². The average Bonchev–Trinajstić information content (AvgIpc) is 2.23. The van der Waals surface area contributed by atoms with Gasteiger partial charge in [0, 0.05) is 18.7 Å². The van der Waals surface area contributed by atoms with Crippen molar-refractivity contribution in [2.24, 2.45) is 5.73 Å². The summed E-state index contributed by atoms with van der Waals surface area (Å²) in [5.41, 5.74) is 6.79. The summed E-state index contributed by atoms with van der Waals surface area (Å²) in [6.07, 6.45) is 0.879. The van der Waals surface area contributed by atoms with Crippen molar-refractivity contribution in [2.45, 2.75) is 19.8 Å². The van der Waals surface area contributed by atoms with Gasteiger partial charge in [-0.05, 0) is 31.0 Å². The molecule has 0 fully saturated rings. The molecule has 0 aliphatic carbocycles. The van der Waals surface area contributed by atoms with Gasteiger partial charge in [-0.25, -0.2) is 4.79 Å². The van der Waals surface area contributed by atoms with E-state index in [1.807, 2.05) is 6.92 Å². The van der Waals surface area contributed by atoms with Crippen molar-refractivity contribution in [3.05, 3.63) is 29.3 Å². The number of benzene rings is 1. The number of nitrogens with two attached hydrogens (primary N) is 1. The van der Waals surface area contributed by atoms with E-state index in [1.54, 1.807) is 18.2 Å². The number of primary amides is 1. The second-order valence-corrected chi connectivity index (χ2v) is 3.85. The molecule has 0 bridgehead atoms. The van der Waals surface area contributed by atoms with Crippen LogP contribution in [0.15, 0.2) is 18.2 Å². The van der Waals surface area contributed by atoms with E-state index in [9.17, 15) is 9.59 Å². The first-order valence-electron chi connectivity index (χ1n) is 5.37.